The second-order valence-electron chi connectivity index (χ2n) is 5.04. The third kappa shape index (κ3) is 4.56. The number of amides is 1. The topological polar surface area (TPSA) is 51.2 Å². The van der Waals surface area contributed by atoms with Crippen LogP contribution in [0.25, 0.3) is 0 Å². The Labute approximate surface area is 129 Å². The van der Waals surface area contributed by atoms with Crippen molar-refractivity contribution < 1.29 is 9.53 Å². The molecule has 112 valence electrons. The van der Waals surface area contributed by atoms with Gasteiger partial charge in [-0.05, 0) is 38.0 Å². The van der Waals surface area contributed by atoms with E-state index in [0.29, 0.717) is 12.3 Å². The first-order valence-corrected chi connectivity index (χ1v) is 7.93. The second-order valence-corrected chi connectivity index (χ2v) is 5.99. The molecule has 1 aromatic heterocycles. The van der Waals surface area contributed by atoms with Crippen molar-refractivity contribution in [3.63, 3.8) is 0 Å². The highest BCUT2D eigenvalue weighted by Gasteiger charge is 2.11. The van der Waals surface area contributed by atoms with Gasteiger partial charge in [0.15, 0.2) is 0 Å². The summed E-state index contributed by atoms with van der Waals surface area (Å²) in [5, 5.41) is 5.39. The molecule has 0 aliphatic heterocycles. The molecule has 5 heteroatoms. The van der Waals surface area contributed by atoms with Crippen LogP contribution in [0, 0.1) is 0 Å². The van der Waals surface area contributed by atoms with Gasteiger partial charge < -0.3 is 10.1 Å². The van der Waals surface area contributed by atoms with E-state index in [4.69, 9.17) is 4.74 Å². The number of nitrogens with one attached hydrogen (secondary N) is 1. The summed E-state index contributed by atoms with van der Waals surface area (Å²) in [5.41, 5.74) is 1.69. The molecule has 0 unspecified atom stereocenters. The van der Waals surface area contributed by atoms with Crippen LogP contribution in [-0.4, -0.2) is 16.9 Å². The van der Waals surface area contributed by atoms with Crippen LogP contribution in [0.5, 0.6) is 5.75 Å². The van der Waals surface area contributed by atoms with Gasteiger partial charge in [0.2, 0.25) is 0 Å². The summed E-state index contributed by atoms with van der Waals surface area (Å²) in [5.74, 6) is 0.693. The van der Waals surface area contributed by atoms with Crippen LogP contribution in [0.1, 0.15) is 41.8 Å². The zero-order chi connectivity index (χ0) is 15.2. The van der Waals surface area contributed by atoms with Gasteiger partial charge in [0.1, 0.15) is 23.1 Å². The first kappa shape index (κ1) is 15.5. The standard InChI is InChI=1S/C16H20N2O2S/c1-4-12-6-5-7-13(8-12)20-9-15-18-14(10-21-15)16(19)17-11(2)3/h5-8,10-11H,4,9H2,1-3H3,(H,17,19). The van der Waals surface area contributed by atoms with Crippen LogP contribution in [0.3, 0.4) is 0 Å². The Balaban J connectivity index is 1.94. The monoisotopic (exact) mass is 304 g/mol. The van der Waals surface area contributed by atoms with Gasteiger partial charge in [-0.3, -0.25) is 4.79 Å². The Kier molecular flexibility index (Phi) is 5.33. The Hall–Kier alpha value is -1.88. The molecule has 0 atom stereocenters. The lowest BCUT2D eigenvalue weighted by atomic mass is 10.2. The highest BCUT2D eigenvalue weighted by Crippen LogP contribution is 2.17. The summed E-state index contributed by atoms with van der Waals surface area (Å²) in [6.45, 7) is 6.34. The SMILES string of the molecule is CCc1cccc(OCc2nc(C(=O)NC(C)C)cs2)c1. The largest absolute Gasteiger partial charge is 0.486 e. The van der Waals surface area contributed by atoms with E-state index >= 15 is 0 Å². The fourth-order valence-electron chi connectivity index (χ4n) is 1.82. The molecule has 0 aliphatic carbocycles. The van der Waals surface area contributed by atoms with E-state index in [1.807, 2.05) is 32.0 Å². The van der Waals surface area contributed by atoms with E-state index in [2.05, 4.69) is 23.3 Å². The van der Waals surface area contributed by atoms with Crippen molar-refractivity contribution in [2.24, 2.45) is 0 Å². The van der Waals surface area contributed by atoms with Crippen LogP contribution in [-0.2, 0) is 13.0 Å². The summed E-state index contributed by atoms with van der Waals surface area (Å²) < 4.78 is 5.72. The van der Waals surface area contributed by atoms with E-state index in [-0.39, 0.29) is 11.9 Å². The van der Waals surface area contributed by atoms with E-state index in [0.717, 1.165) is 17.2 Å². The molecule has 4 nitrogen and oxygen atoms in total. The summed E-state index contributed by atoms with van der Waals surface area (Å²) in [4.78, 5) is 16.1. The maximum absolute atomic E-state index is 11.8. The maximum Gasteiger partial charge on any atom is 0.270 e. The van der Waals surface area contributed by atoms with Gasteiger partial charge >= 0.3 is 0 Å². The zero-order valence-corrected chi connectivity index (χ0v) is 13.4. The number of rotatable bonds is 6. The maximum atomic E-state index is 11.8. The molecule has 0 spiro atoms. The zero-order valence-electron chi connectivity index (χ0n) is 12.6. The van der Waals surface area contributed by atoms with Crippen molar-refractivity contribution in [1.29, 1.82) is 0 Å². The number of hydrogen-bond acceptors (Lipinski definition) is 4. The van der Waals surface area contributed by atoms with Crippen molar-refractivity contribution in [1.82, 2.24) is 10.3 Å². The van der Waals surface area contributed by atoms with Gasteiger partial charge in [0, 0.05) is 11.4 Å². The van der Waals surface area contributed by atoms with E-state index < -0.39 is 0 Å². The van der Waals surface area contributed by atoms with Crippen LogP contribution in [0.15, 0.2) is 29.6 Å². The smallest absolute Gasteiger partial charge is 0.270 e. The number of carbonyl (C=O) groups excluding carboxylic acids is 1. The summed E-state index contributed by atoms with van der Waals surface area (Å²) in [7, 11) is 0. The Morgan fingerprint density at radius 1 is 1.43 bits per heavy atom. The number of carbonyl (C=O) groups is 1. The highest BCUT2D eigenvalue weighted by molar-refractivity contribution is 7.09. The quantitative estimate of drug-likeness (QED) is 0.889. The molecule has 0 fully saturated rings. The molecule has 1 aromatic carbocycles. The number of aryl methyl sites for hydroxylation is 1. The van der Waals surface area contributed by atoms with Crippen LogP contribution in [0.2, 0.25) is 0 Å². The molecule has 0 saturated heterocycles. The second kappa shape index (κ2) is 7.22. The number of thiazole rings is 1. The Bertz CT molecular complexity index is 608. The molecule has 2 rings (SSSR count). The molecule has 0 radical (unpaired) electrons. The van der Waals surface area contributed by atoms with Gasteiger partial charge in [-0.1, -0.05) is 19.1 Å². The van der Waals surface area contributed by atoms with Gasteiger partial charge in [-0.25, -0.2) is 4.98 Å². The molecule has 0 aliphatic rings. The summed E-state index contributed by atoms with van der Waals surface area (Å²) in [6.07, 6.45) is 0.980. The summed E-state index contributed by atoms with van der Waals surface area (Å²) >= 11 is 1.44. The molecular formula is C16H20N2O2S. The minimum atomic E-state index is -0.138. The van der Waals surface area contributed by atoms with Gasteiger partial charge in [-0.2, -0.15) is 0 Å². The fraction of sp³-hybridized carbons (Fsp3) is 0.375. The lowest BCUT2D eigenvalue weighted by Crippen LogP contribution is -2.30. The highest BCUT2D eigenvalue weighted by atomic mass is 32.1. The van der Waals surface area contributed by atoms with E-state index in [9.17, 15) is 4.79 Å². The van der Waals surface area contributed by atoms with Crippen LogP contribution < -0.4 is 10.1 Å². The average molecular weight is 304 g/mol. The van der Waals surface area contributed by atoms with Gasteiger partial charge in [0.05, 0.1) is 0 Å². The van der Waals surface area contributed by atoms with Gasteiger partial charge in [-0.15, -0.1) is 11.3 Å². The Morgan fingerprint density at radius 2 is 2.24 bits per heavy atom. The lowest BCUT2D eigenvalue weighted by Gasteiger charge is -2.06. The number of aromatic nitrogens is 1. The minimum Gasteiger partial charge on any atom is -0.486 e. The van der Waals surface area contributed by atoms with Crippen LogP contribution in [0.4, 0.5) is 0 Å². The molecule has 21 heavy (non-hydrogen) atoms. The number of hydrogen-bond donors (Lipinski definition) is 1. The number of benzene rings is 1. The average Bonchev–Trinajstić information content (AvgIpc) is 2.94. The normalized spacial score (nSPS) is 10.7. The molecule has 2 aromatic rings. The predicted octanol–water partition coefficient (Wildman–Crippen LogP) is 3.42. The van der Waals surface area contributed by atoms with E-state index in [1.54, 1.807) is 5.38 Å². The van der Waals surface area contributed by atoms with Crippen molar-refractivity contribution >= 4 is 17.2 Å². The van der Waals surface area contributed by atoms with E-state index in [1.165, 1.54) is 16.9 Å². The first-order valence-electron chi connectivity index (χ1n) is 7.05. The third-order valence-corrected chi connectivity index (χ3v) is 3.70. The minimum absolute atomic E-state index is 0.107. The fourth-order valence-corrected chi connectivity index (χ4v) is 2.50. The Morgan fingerprint density at radius 3 is 2.95 bits per heavy atom. The molecule has 0 bridgehead atoms. The van der Waals surface area contributed by atoms with Crippen molar-refractivity contribution in [3.05, 3.63) is 45.9 Å². The number of ether oxygens (including phenoxy) is 1. The number of nitrogens with zero attached hydrogens (tertiary/aromatic N) is 1. The first-order chi connectivity index (χ1) is 10.1. The lowest BCUT2D eigenvalue weighted by molar-refractivity contribution is 0.0938. The van der Waals surface area contributed by atoms with Crippen molar-refractivity contribution in [2.75, 3.05) is 0 Å². The molecular weight excluding hydrogens is 284 g/mol. The van der Waals surface area contributed by atoms with Crippen molar-refractivity contribution in [2.45, 2.75) is 39.8 Å². The van der Waals surface area contributed by atoms with Crippen molar-refractivity contribution in [3.8, 4) is 5.75 Å². The molecule has 1 amide bonds. The van der Waals surface area contributed by atoms with Crippen LogP contribution >= 0.6 is 11.3 Å². The summed E-state index contributed by atoms with van der Waals surface area (Å²) in [6, 6.07) is 8.12. The van der Waals surface area contributed by atoms with Gasteiger partial charge in [0.25, 0.3) is 5.91 Å². The molecule has 0 saturated carbocycles. The molecule has 1 N–H and O–H groups in total. The predicted molar refractivity (Wildman–Crippen MR) is 84.9 cm³/mol. The third-order valence-electron chi connectivity index (χ3n) is 2.87. The molecule has 1 heterocycles.